The van der Waals surface area contributed by atoms with E-state index in [9.17, 15) is 0 Å². The van der Waals surface area contributed by atoms with Crippen LogP contribution >= 0.6 is 15.9 Å². The Bertz CT molecular complexity index is 50.5. The Balaban J connectivity index is 0.000000490. The molecule has 0 heterocycles. The summed E-state index contributed by atoms with van der Waals surface area (Å²) in [6.45, 7) is 0. The Kier molecular flexibility index (Phi) is 5.61. The second kappa shape index (κ2) is 4.93. The summed E-state index contributed by atoms with van der Waals surface area (Å²) in [7, 11) is 0. The van der Waals surface area contributed by atoms with Gasteiger partial charge in [0.2, 0.25) is 0 Å². The van der Waals surface area contributed by atoms with Gasteiger partial charge in [0.15, 0.2) is 0 Å². The summed E-state index contributed by atoms with van der Waals surface area (Å²) in [6, 6.07) is 0. The Morgan fingerprint density at radius 2 is 1.50 bits per heavy atom. The molecule has 0 radical (unpaired) electrons. The molecule has 0 aliphatic heterocycles. The normalized spacial score (nSPS) is 22.1. The van der Waals surface area contributed by atoms with Gasteiger partial charge in [-0.2, -0.15) is 12.8 Å². The second-order valence-corrected chi connectivity index (χ2v) is 3.20. The predicted octanol–water partition coefficient (Wildman–Crippen LogP) is 2.87. The van der Waals surface area contributed by atoms with Crippen LogP contribution in [0.2, 0.25) is 0 Å². The van der Waals surface area contributed by atoms with Gasteiger partial charge in [-0.3, -0.25) is 0 Å². The monoisotopic (exact) mass is 225 g/mol. The SMILES string of the molecule is Br[C-]1CCCCC1.[Zn]. The minimum atomic E-state index is 0. The van der Waals surface area contributed by atoms with Crippen molar-refractivity contribution in [3.63, 3.8) is 0 Å². The standard InChI is InChI=1S/C6H10Br.Zn/c7-6-4-2-1-3-5-6;/h1-5H2;/q-1;. The third kappa shape index (κ3) is 3.19. The van der Waals surface area contributed by atoms with Gasteiger partial charge in [0, 0.05) is 19.5 Å². The largest absolute Gasteiger partial charge is 0.317 e. The van der Waals surface area contributed by atoms with Crippen molar-refractivity contribution >= 4 is 15.9 Å². The molecule has 0 nitrogen and oxygen atoms in total. The van der Waals surface area contributed by atoms with Gasteiger partial charge < -0.3 is 15.9 Å². The van der Waals surface area contributed by atoms with E-state index < -0.39 is 0 Å². The molecule has 1 saturated carbocycles. The summed E-state index contributed by atoms with van der Waals surface area (Å²) >= 11 is 3.50. The smallest absolute Gasteiger partial charge is 0 e. The minimum Gasteiger partial charge on any atom is -0.317 e. The summed E-state index contributed by atoms with van der Waals surface area (Å²) in [5.41, 5.74) is 0. The van der Waals surface area contributed by atoms with E-state index in [-0.39, 0.29) is 19.5 Å². The van der Waals surface area contributed by atoms with Crippen LogP contribution in [0.3, 0.4) is 0 Å². The maximum atomic E-state index is 3.50. The Hall–Kier alpha value is 1.10. The van der Waals surface area contributed by atoms with E-state index >= 15 is 0 Å². The van der Waals surface area contributed by atoms with Gasteiger partial charge in [-0.1, -0.05) is 19.3 Å². The van der Waals surface area contributed by atoms with E-state index in [4.69, 9.17) is 0 Å². The van der Waals surface area contributed by atoms with Crippen LogP contribution in [-0.2, 0) is 19.5 Å². The molecule has 8 heavy (non-hydrogen) atoms. The molecule has 0 saturated heterocycles. The Morgan fingerprint density at radius 3 is 1.75 bits per heavy atom. The number of rotatable bonds is 0. The van der Waals surface area contributed by atoms with Crippen LogP contribution in [0, 0.1) is 4.83 Å². The van der Waals surface area contributed by atoms with Gasteiger partial charge in [0.1, 0.15) is 0 Å². The van der Waals surface area contributed by atoms with Crippen molar-refractivity contribution in [3.05, 3.63) is 4.83 Å². The molecule has 1 rings (SSSR count). The zero-order chi connectivity index (χ0) is 5.11. The van der Waals surface area contributed by atoms with Gasteiger partial charge in [-0.25, -0.2) is 4.83 Å². The van der Waals surface area contributed by atoms with Crippen molar-refractivity contribution in [1.82, 2.24) is 0 Å². The predicted molar refractivity (Wildman–Crippen MR) is 35.3 cm³/mol. The van der Waals surface area contributed by atoms with Gasteiger partial charge in [-0.15, -0.1) is 0 Å². The van der Waals surface area contributed by atoms with E-state index in [0.717, 1.165) is 0 Å². The van der Waals surface area contributed by atoms with E-state index in [2.05, 4.69) is 15.9 Å². The Morgan fingerprint density at radius 1 is 1.00 bits per heavy atom. The molecule has 0 N–H and O–H groups in total. The van der Waals surface area contributed by atoms with Crippen molar-refractivity contribution in [2.24, 2.45) is 0 Å². The van der Waals surface area contributed by atoms with Crippen LogP contribution in [0.15, 0.2) is 0 Å². The molecule has 1 fully saturated rings. The molecule has 0 bridgehead atoms. The molecule has 1 aliphatic carbocycles. The number of hydrogen-bond donors (Lipinski definition) is 0. The first kappa shape index (κ1) is 9.10. The van der Waals surface area contributed by atoms with E-state index in [1.54, 1.807) is 0 Å². The van der Waals surface area contributed by atoms with E-state index in [1.807, 2.05) is 0 Å². The van der Waals surface area contributed by atoms with Crippen LogP contribution in [-0.4, -0.2) is 0 Å². The number of halogens is 1. The zero-order valence-corrected chi connectivity index (χ0v) is 9.67. The second-order valence-electron chi connectivity index (χ2n) is 2.08. The first-order chi connectivity index (χ1) is 3.39. The molecule has 0 aromatic rings. The van der Waals surface area contributed by atoms with Crippen molar-refractivity contribution < 1.29 is 19.5 Å². The first-order valence-corrected chi connectivity index (χ1v) is 3.69. The van der Waals surface area contributed by atoms with Gasteiger partial charge in [0.05, 0.1) is 0 Å². The van der Waals surface area contributed by atoms with Crippen molar-refractivity contribution in [2.75, 3.05) is 0 Å². The van der Waals surface area contributed by atoms with Crippen LogP contribution in [0.5, 0.6) is 0 Å². The topological polar surface area (TPSA) is 0 Å². The summed E-state index contributed by atoms with van der Waals surface area (Å²) in [6.07, 6.45) is 6.89. The summed E-state index contributed by atoms with van der Waals surface area (Å²) < 4.78 is 0. The van der Waals surface area contributed by atoms with Gasteiger partial charge in [-0.05, 0) is 0 Å². The van der Waals surface area contributed by atoms with Crippen molar-refractivity contribution in [2.45, 2.75) is 32.1 Å². The molecule has 0 aromatic carbocycles. The maximum Gasteiger partial charge on any atom is 0 e. The number of hydrogen-bond acceptors (Lipinski definition) is 0. The fourth-order valence-corrected chi connectivity index (χ4v) is 1.50. The molecule has 0 amide bonds. The molecule has 44 valence electrons. The van der Waals surface area contributed by atoms with Crippen LogP contribution in [0.4, 0.5) is 0 Å². The molecular formula is C6H10BrZn-. The molecule has 0 spiro atoms. The van der Waals surface area contributed by atoms with Crippen molar-refractivity contribution in [3.8, 4) is 0 Å². The maximum absolute atomic E-state index is 3.50. The third-order valence-corrected chi connectivity index (χ3v) is 2.19. The van der Waals surface area contributed by atoms with Gasteiger partial charge >= 0.3 is 0 Å². The average Bonchev–Trinajstić information content (AvgIpc) is 1.69. The molecule has 0 unspecified atom stereocenters. The van der Waals surface area contributed by atoms with Crippen LogP contribution in [0.25, 0.3) is 0 Å². The average molecular weight is 227 g/mol. The molecule has 0 atom stereocenters. The van der Waals surface area contributed by atoms with Crippen LogP contribution in [0.1, 0.15) is 32.1 Å². The first-order valence-electron chi connectivity index (χ1n) is 2.90. The summed E-state index contributed by atoms with van der Waals surface area (Å²) in [5, 5.41) is 0. The molecule has 1 aliphatic rings. The van der Waals surface area contributed by atoms with Gasteiger partial charge in [0.25, 0.3) is 0 Å². The van der Waals surface area contributed by atoms with Crippen LogP contribution < -0.4 is 0 Å². The zero-order valence-electron chi connectivity index (χ0n) is 5.12. The Labute approximate surface area is 72.3 Å². The van der Waals surface area contributed by atoms with Crippen molar-refractivity contribution in [1.29, 1.82) is 0 Å². The molecule has 2 heteroatoms. The fourth-order valence-electron chi connectivity index (χ4n) is 0.935. The third-order valence-electron chi connectivity index (χ3n) is 1.40. The summed E-state index contributed by atoms with van der Waals surface area (Å²) in [4.78, 5) is 1.53. The molecular weight excluding hydrogens is 217 g/mol. The fraction of sp³-hybridized carbons (Fsp3) is 0.833. The van der Waals surface area contributed by atoms with E-state index in [1.165, 1.54) is 36.9 Å². The minimum absolute atomic E-state index is 0. The van der Waals surface area contributed by atoms with E-state index in [0.29, 0.717) is 0 Å². The summed E-state index contributed by atoms with van der Waals surface area (Å²) in [5.74, 6) is 0. The molecule has 0 aromatic heterocycles. The quantitative estimate of drug-likeness (QED) is 0.441.